The summed E-state index contributed by atoms with van der Waals surface area (Å²) in [5.74, 6) is 2.02. The topological polar surface area (TPSA) is 244 Å². The van der Waals surface area contributed by atoms with Gasteiger partial charge in [-0.25, -0.2) is 9.37 Å². The van der Waals surface area contributed by atoms with Crippen molar-refractivity contribution in [2.45, 2.75) is 89.4 Å². The molecule has 21 heteroatoms. The maximum atomic E-state index is 16.8. The van der Waals surface area contributed by atoms with Crippen LogP contribution >= 0.6 is 22.9 Å². The molecule has 0 bridgehead atoms. The Morgan fingerprint density at radius 2 is 1.95 bits per heavy atom. The van der Waals surface area contributed by atoms with Gasteiger partial charge in [0.1, 0.15) is 46.9 Å². The number of methoxy groups -OCH3 is 1. The monoisotopic (exact) mass is 1080 g/mol. The molecule has 400 valence electrons. The first kappa shape index (κ1) is 54.2. The summed E-state index contributed by atoms with van der Waals surface area (Å²) in [5, 5.41) is 16.4. The number of carbonyl (C=O) groups excluding carboxylic acids is 4. The fraction of sp³-hybridized carbons (Fsp3) is 0.393. The average molecular weight is 1080 g/mol. The molecule has 5 atom stereocenters. The largest absolute Gasteiger partial charge is 0.488 e. The number of nitrogens with two attached hydrogens (primary N) is 2. The van der Waals surface area contributed by atoms with Crippen LogP contribution in [0.25, 0.3) is 32.1 Å². The first-order chi connectivity index (χ1) is 37.3. The lowest BCUT2D eigenvalue weighted by Crippen LogP contribution is -2.53. The number of imide groups is 2. The number of fused-ring (bicyclic) bond motifs is 2. The summed E-state index contributed by atoms with van der Waals surface area (Å²) in [7, 11) is 1.39. The number of pyridine rings is 1. The zero-order valence-electron chi connectivity index (χ0n) is 42.9. The van der Waals surface area contributed by atoms with E-state index in [1.54, 1.807) is 41.4 Å². The molecule has 3 aromatic heterocycles. The fourth-order valence-corrected chi connectivity index (χ4v) is 12.3. The molecule has 6 aromatic rings. The van der Waals surface area contributed by atoms with Crippen LogP contribution in [0.5, 0.6) is 11.8 Å². The number of hydrogen-bond donors (Lipinski definition) is 4. The Balaban J connectivity index is 0.000000189. The van der Waals surface area contributed by atoms with E-state index in [2.05, 4.69) is 42.5 Å². The number of ether oxygens (including phenoxy) is 3. The number of carbonyl (C=O) groups is 4. The minimum Gasteiger partial charge on any atom is -0.488 e. The van der Waals surface area contributed by atoms with Crippen LogP contribution in [-0.4, -0.2) is 114 Å². The van der Waals surface area contributed by atoms with Crippen molar-refractivity contribution < 1.29 is 37.8 Å². The van der Waals surface area contributed by atoms with E-state index < -0.39 is 41.7 Å². The van der Waals surface area contributed by atoms with Crippen LogP contribution in [0.2, 0.25) is 5.02 Å². The fourth-order valence-electron chi connectivity index (χ4n) is 11.1. The smallest absolute Gasteiger partial charge is 0.318 e. The Bertz CT molecular complexity index is 3330. The molecule has 3 fully saturated rings. The predicted octanol–water partition coefficient (Wildman–Crippen LogP) is 8.19. The molecule has 3 saturated heterocycles. The maximum absolute atomic E-state index is 16.8. The molecule has 0 saturated carbocycles. The van der Waals surface area contributed by atoms with Gasteiger partial charge in [0, 0.05) is 77.4 Å². The Morgan fingerprint density at radius 1 is 1.14 bits per heavy atom. The zero-order valence-corrected chi connectivity index (χ0v) is 44.5. The van der Waals surface area contributed by atoms with Crippen molar-refractivity contribution in [2.24, 2.45) is 5.92 Å². The molecule has 4 aliphatic rings. The maximum Gasteiger partial charge on any atom is 0.318 e. The van der Waals surface area contributed by atoms with Crippen molar-refractivity contribution in [3.8, 4) is 41.3 Å². The third-order valence-corrected chi connectivity index (χ3v) is 16.2. The summed E-state index contributed by atoms with van der Waals surface area (Å²) in [6.07, 6.45) is 15.5. The minimum absolute atomic E-state index is 0.00137. The van der Waals surface area contributed by atoms with E-state index >= 15 is 4.39 Å². The van der Waals surface area contributed by atoms with Crippen LogP contribution in [-0.2, 0) is 19.1 Å². The number of hydrogen-bond acceptors (Lipinski definition) is 17. The summed E-state index contributed by atoms with van der Waals surface area (Å²) in [5.41, 5.74) is 15.4. The number of piperidine rings is 1. The minimum atomic E-state index is -0.980. The van der Waals surface area contributed by atoms with Gasteiger partial charge in [0.05, 0.1) is 29.1 Å². The van der Waals surface area contributed by atoms with E-state index in [1.165, 1.54) is 57.2 Å². The van der Waals surface area contributed by atoms with Gasteiger partial charge >= 0.3 is 6.01 Å². The zero-order chi connectivity index (χ0) is 54.5. The second-order valence-corrected chi connectivity index (χ2v) is 20.9. The normalized spacial score (nSPS) is 19.2. The highest BCUT2D eigenvalue weighted by Gasteiger charge is 2.39. The SMILES string of the molecule is C#CC1COc2c(Cl)c(-c3cccc4sc(N)c(C#N)c34)c(F)c3nc(OC)nc(c23)N1C(C)c1cccnc1N.Cc1c(NCCCOCCCC2CC3CCCN3C2)cccc1C(=O)N(C=O)C1CCC(=O)NC1=O. The highest BCUT2D eigenvalue weighted by Crippen LogP contribution is 2.51. The Morgan fingerprint density at radius 3 is 2.69 bits per heavy atom. The number of nitrogen functional groups attached to an aromatic ring is 2. The summed E-state index contributed by atoms with van der Waals surface area (Å²) in [4.78, 5) is 66.9. The highest BCUT2D eigenvalue weighted by atomic mass is 35.5. The standard InChI is InChI=1S/C29H21ClFN7O2S.C27H38N4O5/c1-4-14-12-40-25-21-24(36-29(39-3)37-28(21)38(14)13(2)15-8-6-10-35-26(15)33)23(31)20(22(25)30)16-7-5-9-18-19(16)17(11-32)27(34)41-18;1-19-22(27(35)31(18-32)24-10-11-25(33)29-26(24)34)8-2-9-23(19)28-12-5-15-36-14-4-6-20-16-21-7-3-13-30(21)17-20/h1,5-10,13-14H,12,34H2,2-3H3,(H2,33,35);2,8-9,18,20-21,24,28H,3-7,10-17H2,1H3,(H,29,33,34). The Kier molecular flexibility index (Phi) is 16.7. The van der Waals surface area contributed by atoms with Gasteiger partial charge in [-0.3, -0.25) is 29.4 Å². The second kappa shape index (κ2) is 23.7. The first-order valence-corrected chi connectivity index (χ1v) is 26.8. The number of rotatable bonds is 16. The molecule has 5 unspecified atom stereocenters. The Hall–Kier alpha value is -7.62. The van der Waals surface area contributed by atoms with Crippen LogP contribution in [0.4, 0.5) is 26.7 Å². The number of nitrogens with zero attached hydrogens (tertiary/aromatic N) is 7. The van der Waals surface area contributed by atoms with Gasteiger partial charge in [0.15, 0.2) is 11.6 Å². The molecule has 6 N–H and O–H groups in total. The van der Waals surface area contributed by atoms with Gasteiger partial charge in [-0.1, -0.05) is 41.8 Å². The van der Waals surface area contributed by atoms with Crippen LogP contribution in [0.3, 0.4) is 0 Å². The van der Waals surface area contributed by atoms with Crippen molar-refractivity contribution in [1.29, 1.82) is 5.26 Å². The van der Waals surface area contributed by atoms with Crippen molar-refractivity contribution in [3.05, 3.63) is 87.8 Å². The number of benzene rings is 3. The summed E-state index contributed by atoms with van der Waals surface area (Å²) in [6, 6.07) is 14.9. The third kappa shape index (κ3) is 10.9. The second-order valence-electron chi connectivity index (χ2n) is 19.5. The van der Waals surface area contributed by atoms with Crippen LogP contribution in [0, 0.1) is 42.3 Å². The van der Waals surface area contributed by atoms with E-state index in [1.807, 2.05) is 32.0 Å². The molecular weight excluding hydrogens is 1030 g/mol. The molecule has 10 rings (SSSR count). The lowest BCUT2D eigenvalue weighted by Gasteiger charge is -2.34. The molecule has 0 aliphatic carbocycles. The van der Waals surface area contributed by atoms with Gasteiger partial charge < -0.3 is 40.8 Å². The molecule has 0 radical (unpaired) electrons. The van der Waals surface area contributed by atoms with Crippen LogP contribution in [0.15, 0.2) is 54.7 Å². The van der Waals surface area contributed by atoms with E-state index in [0.29, 0.717) is 62.7 Å². The van der Waals surface area contributed by atoms with E-state index in [9.17, 15) is 24.4 Å². The predicted molar refractivity (Wildman–Crippen MR) is 294 cm³/mol. The lowest BCUT2D eigenvalue weighted by molar-refractivity contribution is -0.139. The van der Waals surface area contributed by atoms with E-state index in [-0.39, 0.29) is 64.1 Å². The number of amides is 4. The first-order valence-electron chi connectivity index (χ1n) is 25.6. The summed E-state index contributed by atoms with van der Waals surface area (Å²) in [6.45, 7) is 8.43. The molecular formula is C56H59ClFN11O7S. The molecule has 77 heavy (non-hydrogen) atoms. The summed E-state index contributed by atoms with van der Waals surface area (Å²) < 4.78 is 34.9. The number of halogens is 2. The van der Waals surface area contributed by atoms with Crippen molar-refractivity contribution in [1.82, 2.24) is 30.1 Å². The van der Waals surface area contributed by atoms with Crippen LogP contribution in [0.1, 0.15) is 91.4 Å². The number of aromatic nitrogens is 3. The van der Waals surface area contributed by atoms with Gasteiger partial charge in [-0.15, -0.1) is 17.8 Å². The molecule has 0 spiro atoms. The number of nitrogens with one attached hydrogen (secondary N) is 2. The van der Waals surface area contributed by atoms with Gasteiger partial charge in [0.2, 0.25) is 18.2 Å². The highest BCUT2D eigenvalue weighted by molar-refractivity contribution is 7.23. The average Bonchev–Trinajstić information content (AvgIpc) is 4.16. The van der Waals surface area contributed by atoms with Gasteiger partial charge in [0.25, 0.3) is 5.91 Å². The van der Waals surface area contributed by atoms with Crippen molar-refractivity contribution in [2.75, 3.05) is 68.2 Å². The number of thiophene rings is 1. The quantitative estimate of drug-likeness (QED) is 0.0309. The van der Waals surface area contributed by atoms with Crippen molar-refractivity contribution >= 4 is 90.4 Å². The van der Waals surface area contributed by atoms with Gasteiger partial charge in [-0.05, 0) is 107 Å². The molecule has 18 nitrogen and oxygen atoms in total. The number of anilines is 4. The number of terminal acetylenes is 1. The summed E-state index contributed by atoms with van der Waals surface area (Å²) >= 11 is 8.22. The van der Waals surface area contributed by atoms with E-state index in [0.717, 1.165) is 42.0 Å². The van der Waals surface area contributed by atoms with Gasteiger partial charge in [-0.2, -0.15) is 15.2 Å². The van der Waals surface area contributed by atoms with E-state index in [4.69, 9.17) is 43.7 Å². The molecule has 4 aliphatic heterocycles. The van der Waals surface area contributed by atoms with Crippen molar-refractivity contribution in [3.63, 3.8) is 0 Å². The lowest BCUT2D eigenvalue weighted by atomic mass is 9.96. The molecule has 7 heterocycles. The van der Waals surface area contributed by atoms with Crippen LogP contribution < -0.4 is 36.5 Å². The molecule has 4 amide bonds. The third-order valence-electron chi connectivity index (χ3n) is 14.9. The molecule has 3 aromatic carbocycles. The number of nitriles is 1. The Labute approximate surface area is 454 Å².